The number of amides is 1. The summed E-state index contributed by atoms with van der Waals surface area (Å²) in [5, 5.41) is 6.90. The summed E-state index contributed by atoms with van der Waals surface area (Å²) >= 11 is 0. The van der Waals surface area contributed by atoms with Crippen molar-refractivity contribution in [1.82, 2.24) is 10.6 Å². The molecule has 200 valence electrons. The minimum absolute atomic E-state index is 0.00869. The molecule has 4 unspecified atom stereocenters. The zero-order valence-corrected chi connectivity index (χ0v) is 22.1. The van der Waals surface area contributed by atoms with E-state index in [0.717, 1.165) is 55.5 Å². The molecule has 2 aromatic rings. The number of carbonyl (C=O) groups is 2. The summed E-state index contributed by atoms with van der Waals surface area (Å²) in [7, 11) is 0. The monoisotopic (exact) mass is 518 g/mol. The first-order valence-electron chi connectivity index (χ1n) is 14.0. The largest absolute Gasteiger partial charge is 0.387 e. The number of hydrogen-bond acceptors (Lipinski definition) is 3. The highest BCUT2D eigenvalue weighted by Gasteiger charge is 2.60. The van der Waals surface area contributed by atoms with Crippen molar-refractivity contribution in [2.24, 2.45) is 34.5 Å². The first-order valence-corrected chi connectivity index (χ1v) is 14.0. The fourth-order valence-corrected chi connectivity index (χ4v) is 8.49. The Kier molecular flexibility index (Phi) is 6.20. The van der Waals surface area contributed by atoms with E-state index < -0.39 is 6.04 Å². The van der Waals surface area contributed by atoms with Gasteiger partial charge < -0.3 is 10.6 Å². The lowest BCUT2D eigenvalue weighted by atomic mass is 9.50. The Hall–Kier alpha value is -3.02. The topological polar surface area (TPSA) is 58.2 Å². The van der Waals surface area contributed by atoms with Crippen LogP contribution in [-0.2, 0) is 9.59 Å². The molecule has 0 spiro atoms. The summed E-state index contributed by atoms with van der Waals surface area (Å²) in [6.45, 7) is 5.49. The highest BCUT2D eigenvalue weighted by Crippen LogP contribution is 2.64. The van der Waals surface area contributed by atoms with Gasteiger partial charge in [0.15, 0.2) is 5.78 Å². The van der Waals surface area contributed by atoms with Crippen molar-refractivity contribution in [3.63, 3.8) is 0 Å². The Labute approximate surface area is 223 Å². The van der Waals surface area contributed by atoms with Gasteiger partial charge in [0, 0.05) is 36.1 Å². The number of fused-ring (bicyclic) bond motifs is 5. The van der Waals surface area contributed by atoms with E-state index in [0.29, 0.717) is 24.2 Å². The summed E-state index contributed by atoms with van der Waals surface area (Å²) in [6, 6.07) is 11.8. The molecule has 2 aromatic carbocycles. The second-order valence-electron chi connectivity index (χ2n) is 12.4. The Balaban J connectivity index is 1.25. The van der Waals surface area contributed by atoms with Crippen molar-refractivity contribution < 1.29 is 18.4 Å². The molecule has 6 heteroatoms. The molecule has 4 aliphatic rings. The van der Waals surface area contributed by atoms with Gasteiger partial charge in [0.25, 0.3) is 0 Å². The molecule has 1 saturated heterocycles. The molecular formula is C32H36F2N2O2. The van der Waals surface area contributed by atoms with E-state index in [1.807, 2.05) is 6.08 Å². The fraction of sp³-hybridized carbons (Fsp3) is 0.500. The first kappa shape index (κ1) is 25.3. The van der Waals surface area contributed by atoms with Crippen molar-refractivity contribution in [3.8, 4) is 0 Å². The van der Waals surface area contributed by atoms with Crippen LogP contribution in [0.15, 0.2) is 60.3 Å². The maximum absolute atomic E-state index is 14.0. The van der Waals surface area contributed by atoms with Crippen LogP contribution in [0.2, 0.25) is 0 Å². The van der Waals surface area contributed by atoms with Crippen LogP contribution in [0.25, 0.3) is 0 Å². The van der Waals surface area contributed by atoms with Gasteiger partial charge in [-0.15, -0.1) is 0 Å². The molecule has 2 saturated carbocycles. The molecule has 1 heterocycles. The second kappa shape index (κ2) is 9.32. The Bertz CT molecular complexity index is 1230. The number of allylic oxidation sites excluding steroid dienone is 2. The Morgan fingerprint density at radius 1 is 0.921 bits per heavy atom. The lowest BCUT2D eigenvalue weighted by Gasteiger charge is -2.58. The van der Waals surface area contributed by atoms with Crippen LogP contribution in [0.3, 0.4) is 0 Å². The normalized spacial score (nSPS) is 34.0. The molecule has 6 rings (SSSR count). The molecule has 1 aliphatic heterocycles. The smallest absolute Gasteiger partial charge is 0.224 e. The van der Waals surface area contributed by atoms with E-state index in [-0.39, 0.29) is 40.1 Å². The molecule has 6 atom stereocenters. The molecule has 0 bridgehead atoms. The number of piperidine rings is 1. The number of carbonyl (C=O) groups excluding carboxylic acids is 2. The fourth-order valence-electron chi connectivity index (χ4n) is 8.49. The van der Waals surface area contributed by atoms with Crippen LogP contribution in [-0.4, -0.2) is 18.2 Å². The average Bonchev–Trinajstić information content (AvgIpc) is 3.26. The van der Waals surface area contributed by atoms with Gasteiger partial charge in [0.05, 0.1) is 6.04 Å². The minimum Gasteiger partial charge on any atom is -0.387 e. The summed E-state index contributed by atoms with van der Waals surface area (Å²) in [5.74, 6) is 0.891. The minimum atomic E-state index is -0.481. The molecule has 38 heavy (non-hydrogen) atoms. The Morgan fingerprint density at radius 2 is 1.55 bits per heavy atom. The van der Waals surface area contributed by atoms with E-state index in [4.69, 9.17) is 0 Å². The standard InChI is InChI=1S/C32H36F2N2O2/c1-31-16-14-26-24(18-35-28-17-23(37)13-15-32(26,28)2)25(31)11-12-27(31)30(38)36-29(19-3-7-21(33)8-4-19)20-5-9-22(34)10-6-20/h3-10,17,24-27,29,35H,11-16,18H2,1-2H3,(H,36,38)/t24?,25?,26?,27?,31-,32+/m0/s1. The van der Waals surface area contributed by atoms with Crippen LogP contribution >= 0.6 is 0 Å². The zero-order chi connectivity index (χ0) is 26.7. The lowest BCUT2D eigenvalue weighted by Crippen LogP contribution is -2.57. The number of ketones is 1. The highest BCUT2D eigenvalue weighted by atomic mass is 19.1. The number of hydrogen-bond donors (Lipinski definition) is 2. The molecular weight excluding hydrogens is 482 g/mol. The molecule has 0 radical (unpaired) electrons. The molecule has 3 fully saturated rings. The lowest BCUT2D eigenvalue weighted by molar-refractivity contribution is -0.133. The van der Waals surface area contributed by atoms with Crippen molar-refractivity contribution in [2.75, 3.05) is 6.54 Å². The SMILES string of the molecule is C[C@]12CCC3C(CNC4=CC(=O)CC[C@@]43C)C1CCC2C(=O)NC(c1ccc(F)cc1)c1ccc(F)cc1. The van der Waals surface area contributed by atoms with Gasteiger partial charge in [0.1, 0.15) is 11.6 Å². The van der Waals surface area contributed by atoms with Crippen LogP contribution in [0, 0.1) is 46.1 Å². The number of benzene rings is 2. The Morgan fingerprint density at radius 3 is 2.18 bits per heavy atom. The van der Waals surface area contributed by atoms with Crippen molar-refractivity contribution >= 4 is 11.7 Å². The van der Waals surface area contributed by atoms with Crippen LogP contribution in [0.4, 0.5) is 8.78 Å². The van der Waals surface area contributed by atoms with Crippen molar-refractivity contribution in [3.05, 3.63) is 83.1 Å². The van der Waals surface area contributed by atoms with Crippen LogP contribution in [0.1, 0.15) is 69.5 Å². The summed E-state index contributed by atoms with van der Waals surface area (Å²) in [6.07, 6.45) is 7.26. The molecule has 4 nitrogen and oxygen atoms in total. The summed E-state index contributed by atoms with van der Waals surface area (Å²) in [5.41, 5.74) is 2.56. The first-order chi connectivity index (χ1) is 18.2. The van der Waals surface area contributed by atoms with E-state index >= 15 is 0 Å². The predicted molar refractivity (Wildman–Crippen MR) is 142 cm³/mol. The van der Waals surface area contributed by atoms with E-state index in [1.165, 1.54) is 24.3 Å². The quantitative estimate of drug-likeness (QED) is 0.515. The zero-order valence-electron chi connectivity index (χ0n) is 22.1. The third-order valence-electron chi connectivity index (χ3n) is 10.6. The van der Waals surface area contributed by atoms with Crippen molar-refractivity contribution in [2.45, 2.75) is 58.4 Å². The maximum Gasteiger partial charge on any atom is 0.224 e. The van der Waals surface area contributed by atoms with Gasteiger partial charge >= 0.3 is 0 Å². The molecule has 2 N–H and O–H groups in total. The average molecular weight is 519 g/mol. The number of nitrogens with one attached hydrogen (secondary N) is 2. The van der Waals surface area contributed by atoms with Crippen LogP contribution < -0.4 is 10.6 Å². The van der Waals surface area contributed by atoms with Gasteiger partial charge in [-0.3, -0.25) is 9.59 Å². The second-order valence-corrected chi connectivity index (χ2v) is 12.4. The summed E-state index contributed by atoms with van der Waals surface area (Å²) < 4.78 is 27.3. The predicted octanol–water partition coefficient (Wildman–Crippen LogP) is 6.09. The van der Waals surface area contributed by atoms with Gasteiger partial charge in [0.2, 0.25) is 5.91 Å². The van der Waals surface area contributed by atoms with Gasteiger partial charge in [-0.25, -0.2) is 8.78 Å². The molecule has 3 aliphatic carbocycles. The highest BCUT2D eigenvalue weighted by molar-refractivity contribution is 5.91. The summed E-state index contributed by atoms with van der Waals surface area (Å²) in [4.78, 5) is 26.1. The maximum atomic E-state index is 14.0. The van der Waals surface area contributed by atoms with E-state index in [1.54, 1.807) is 24.3 Å². The number of rotatable bonds is 4. The van der Waals surface area contributed by atoms with Gasteiger partial charge in [-0.2, -0.15) is 0 Å². The third-order valence-corrected chi connectivity index (χ3v) is 10.6. The third kappa shape index (κ3) is 4.07. The van der Waals surface area contributed by atoms with E-state index in [2.05, 4.69) is 24.5 Å². The van der Waals surface area contributed by atoms with Crippen LogP contribution in [0.5, 0.6) is 0 Å². The van der Waals surface area contributed by atoms with Crippen molar-refractivity contribution in [1.29, 1.82) is 0 Å². The molecule has 1 amide bonds. The van der Waals surface area contributed by atoms with Gasteiger partial charge in [-0.05, 0) is 90.7 Å². The molecule has 0 aromatic heterocycles. The van der Waals surface area contributed by atoms with Gasteiger partial charge in [-0.1, -0.05) is 38.1 Å². The van der Waals surface area contributed by atoms with E-state index in [9.17, 15) is 18.4 Å². The number of halogens is 2.